The van der Waals surface area contributed by atoms with Crippen molar-refractivity contribution in [3.8, 4) is 0 Å². The molecular formula is C10H21NO2. The van der Waals surface area contributed by atoms with Crippen molar-refractivity contribution in [3.05, 3.63) is 0 Å². The van der Waals surface area contributed by atoms with Crippen molar-refractivity contribution >= 4 is 5.78 Å². The van der Waals surface area contributed by atoms with Gasteiger partial charge in [0.25, 0.3) is 0 Å². The largest absolute Gasteiger partial charge is 0.395 e. The van der Waals surface area contributed by atoms with Crippen LogP contribution in [-0.4, -0.2) is 42.0 Å². The van der Waals surface area contributed by atoms with Crippen molar-refractivity contribution in [3.63, 3.8) is 0 Å². The predicted octanol–water partition coefficient (Wildman–Crippen LogP) is 0.916. The van der Waals surface area contributed by atoms with E-state index in [4.69, 9.17) is 5.11 Å². The molecule has 0 atom stereocenters. The molecule has 0 aliphatic rings. The minimum Gasteiger partial charge on any atom is -0.395 e. The number of rotatable bonds is 5. The zero-order valence-corrected chi connectivity index (χ0v) is 9.13. The van der Waals surface area contributed by atoms with E-state index in [9.17, 15) is 4.79 Å². The van der Waals surface area contributed by atoms with E-state index >= 15 is 0 Å². The number of carbonyl (C=O) groups is 1. The van der Waals surface area contributed by atoms with Crippen LogP contribution in [0.1, 0.15) is 27.7 Å². The van der Waals surface area contributed by atoms with Crippen LogP contribution in [0.5, 0.6) is 0 Å². The normalized spacial score (nSPS) is 12.2. The molecule has 3 nitrogen and oxygen atoms in total. The maximum Gasteiger partial charge on any atom is 0.152 e. The third kappa shape index (κ3) is 5.01. The first-order chi connectivity index (χ1) is 5.91. The summed E-state index contributed by atoms with van der Waals surface area (Å²) in [6.45, 7) is 9.70. The molecule has 0 aromatic heterocycles. The van der Waals surface area contributed by atoms with Crippen LogP contribution >= 0.6 is 0 Å². The Balaban J connectivity index is 4.01. The van der Waals surface area contributed by atoms with Crippen LogP contribution in [0.25, 0.3) is 0 Å². The second-order valence-electron chi connectivity index (χ2n) is 4.27. The molecule has 0 aromatic carbocycles. The van der Waals surface area contributed by atoms with Gasteiger partial charge in [-0.05, 0) is 6.54 Å². The summed E-state index contributed by atoms with van der Waals surface area (Å²) < 4.78 is 0. The van der Waals surface area contributed by atoms with Gasteiger partial charge >= 0.3 is 0 Å². The van der Waals surface area contributed by atoms with Crippen molar-refractivity contribution in [2.75, 3.05) is 26.2 Å². The number of hydrogen-bond acceptors (Lipinski definition) is 3. The molecule has 0 saturated heterocycles. The molecular weight excluding hydrogens is 166 g/mol. The fourth-order valence-electron chi connectivity index (χ4n) is 0.931. The smallest absolute Gasteiger partial charge is 0.152 e. The molecule has 0 fully saturated rings. The first-order valence-electron chi connectivity index (χ1n) is 4.78. The zero-order valence-electron chi connectivity index (χ0n) is 9.13. The van der Waals surface area contributed by atoms with Gasteiger partial charge in [0.2, 0.25) is 0 Å². The molecule has 0 saturated carbocycles. The summed E-state index contributed by atoms with van der Waals surface area (Å²) in [4.78, 5) is 13.5. The molecule has 0 rings (SSSR count). The van der Waals surface area contributed by atoms with Crippen LogP contribution in [0.2, 0.25) is 0 Å². The Morgan fingerprint density at radius 2 is 1.92 bits per heavy atom. The number of likely N-dealkylation sites (N-methyl/N-ethyl adjacent to an activating group) is 1. The van der Waals surface area contributed by atoms with Crippen molar-refractivity contribution in [1.29, 1.82) is 0 Å². The molecule has 0 radical (unpaired) electrons. The topological polar surface area (TPSA) is 40.5 Å². The first-order valence-corrected chi connectivity index (χ1v) is 4.78. The molecule has 0 aliphatic carbocycles. The molecule has 3 heteroatoms. The molecule has 13 heavy (non-hydrogen) atoms. The number of carbonyl (C=O) groups excluding carboxylic acids is 1. The van der Waals surface area contributed by atoms with Gasteiger partial charge in [-0.3, -0.25) is 9.69 Å². The first kappa shape index (κ1) is 12.6. The summed E-state index contributed by atoms with van der Waals surface area (Å²) in [7, 11) is 0. The second-order valence-corrected chi connectivity index (χ2v) is 4.27. The van der Waals surface area contributed by atoms with Gasteiger partial charge in [-0.2, -0.15) is 0 Å². The minimum atomic E-state index is -0.275. The quantitative estimate of drug-likeness (QED) is 0.695. The summed E-state index contributed by atoms with van der Waals surface area (Å²) in [6, 6.07) is 0. The molecule has 0 amide bonds. The van der Waals surface area contributed by atoms with Gasteiger partial charge in [-0.15, -0.1) is 0 Å². The molecule has 0 spiro atoms. The van der Waals surface area contributed by atoms with Crippen LogP contribution in [-0.2, 0) is 4.79 Å². The second kappa shape index (κ2) is 5.35. The number of hydrogen-bond donors (Lipinski definition) is 1. The summed E-state index contributed by atoms with van der Waals surface area (Å²) >= 11 is 0. The van der Waals surface area contributed by atoms with Gasteiger partial charge in [0.15, 0.2) is 5.78 Å². The lowest BCUT2D eigenvalue weighted by Gasteiger charge is -2.23. The molecule has 0 aliphatic heterocycles. The highest BCUT2D eigenvalue weighted by Gasteiger charge is 2.22. The Morgan fingerprint density at radius 3 is 2.23 bits per heavy atom. The Hall–Kier alpha value is -0.410. The van der Waals surface area contributed by atoms with Crippen LogP contribution in [0.4, 0.5) is 0 Å². The summed E-state index contributed by atoms with van der Waals surface area (Å²) in [5.41, 5.74) is -0.275. The monoisotopic (exact) mass is 187 g/mol. The number of nitrogens with zero attached hydrogens (tertiary/aromatic N) is 1. The van der Waals surface area contributed by atoms with Gasteiger partial charge < -0.3 is 5.11 Å². The Morgan fingerprint density at radius 1 is 1.38 bits per heavy atom. The van der Waals surface area contributed by atoms with E-state index in [1.54, 1.807) is 0 Å². The van der Waals surface area contributed by atoms with Gasteiger partial charge in [0.1, 0.15) is 0 Å². The lowest BCUT2D eigenvalue weighted by atomic mass is 9.90. The van der Waals surface area contributed by atoms with Crippen LogP contribution in [0, 0.1) is 5.41 Å². The Labute approximate surface area is 80.7 Å². The number of aliphatic hydroxyl groups is 1. The van der Waals surface area contributed by atoms with Gasteiger partial charge in [0.05, 0.1) is 13.2 Å². The van der Waals surface area contributed by atoms with Crippen molar-refractivity contribution in [2.24, 2.45) is 5.41 Å². The lowest BCUT2D eigenvalue weighted by molar-refractivity contribution is -0.127. The summed E-state index contributed by atoms with van der Waals surface area (Å²) in [6.07, 6.45) is 0. The third-order valence-corrected chi connectivity index (χ3v) is 2.07. The Bertz CT molecular complexity index is 161. The number of ketones is 1. The maximum atomic E-state index is 11.6. The van der Waals surface area contributed by atoms with E-state index in [0.717, 1.165) is 6.54 Å². The standard InChI is InChI=1S/C10H21NO2/c1-5-11(6-7-12)8-9(13)10(2,3)4/h12H,5-8H2,1-4H3. The lowest BCUT2D eigenvalue weighted by Crippen LogP contribution is -2.37. The van der Waals surface area contributed by atoms with Crippen LogP contribution in [0.15, 0.2) is 0 Å². The van der Waals surface area contributed by atoms with E-state index in [0.29, 0.717) is 13.1 Å². The average molecular weight is 187 g/mol. The molecule has 0 bridgehead atoms. The van der Waals surface area contributed by atoms with Crippen molar-refractivity contribution in [1.82, 2.24) is 4.90 Å². The fraction of sp³-hybridized carbons (Fsp3) is 0.900. The predicted molar refractivity (Wildman–Crippen MR) is 53.7 cm³/mol. The third-order valence-electron chi connectivity index (χ3n) is 2.07. The average Bonchev–Trinajstić information content (AvgIpc) is 2.01. The van der Waals surface area contributed by atoms with Crippen molar-refractivity contribution < 1.29 is 9.90 Å². The van der Waals surface area contributed by atoms with Crippen LogP contribution < -0.4 is 0 Å². The summed E-state index contributed by atoms with van der Waals surface area (Å²) in [5, 5.41) is 8.73. The summed E-state index contributed by atoms with van der Waals surface area (Å²) in [5.74, 6) is 0.225. The van der Waals surface area contributed by atoms with Gasteiger partial charge in [0, 0.05) is 12.0 Å². The highest BCUT2D eigenvalue weighted by atomic mass is 16.3. The minimum absolute atomic E-state index is 0.116. The van der Waals surface area contributed by atoms with E-state index in [1.807, 2.05) is 32.6 Å². The SMILES string of the molecule is CCN(CCO)CC(=O)C(C)(C)C. The molecule has 0 unspecified atom stereocenters. The molecule has 0 aromatic rings. The molecule has 1 N–H and O–H groups in total. The van der Waals surface area contributed by atoms with E-state index in [1.165, 1.54) is 0 Å². The van der Waals surface area contributed by atoms with E-state index < -0.39 is 0 Å². The van der Waals surface area contributed by atoms with E-state index in [-0.39, 0.29) is 17.8 Å². The van der Waals surface area contributed by atoms with Gasteiger partial charge in [-0.1, -0.05) is 27.7 Å². The molecule has 0 heterocycles. The number of aliphatic hydroxyl groups excluding tert-OH is 1. The fourth-order valence-corrected chi connectivity index (χ4v) is 0.931. The highest BCUT2D eigenvalue weighted by Crippen LogP contribution is 2.14. The van der Waals surface area contributed by atoms with Gasteiger partial charge in [-0.25, -0.2) is 0 Å². The van der Waals surface area contributed by atoms with E-state index in [2.05, 4.69) is 0 Å². The number of Topliss-reactive ketones (excluding diaryl/α,β-unsaturated/α-hetero) is 1. The highest BCUT2D eigenvalue weighted by molar-refractivity contribution is 5.85. The Kier molecular flexibility index (Phi) is 5.18. The molecule has 78 valence electrons. The van der Waals surface area contributed by atoms with Crippen LogP contribution in [0.3, 0.4) is 0 Å². The maximum absolute atomic E-state index is 11.6. The van der Waals surface area contributed by atoms with Crippen molar-refractivity contribution in [2.45, 2.75) is 27.7 Å². The zero-order chi connectivity index (χ0) is 10.5.